The minimum Gasteiger partial charge on any atom is -0.480 e. The molecule has 0 aliphatic heterocycles. The number of nitrogens with zero attached hydrogens (tertiary/aromatic N) is 2. The third-order valence-corrected chi connectivity index (χ3v) is 2.14. The molecule has 0 saturated heterocycles. The molecule has 0 aliphatic rings. The Morgan fingerprint density at radius 3 is 2.62 bits per heavy atom. The van der Waals surface area contributed by atoms with Crippen molar-refractivity contribution in [3.8, 4) is 11.9 Å². The highest BCUT2D eigenvalue weighted by Crippen LogP contribution is 2.26. The highest BCUT2D eigenvalue weighted by atomic mass is 35.5. The molecule has 0 bridgehead atoms. The van der Waals surface area contributed by atoms with Crippen molar-refractivity contribution in [3.63, 3.8) is 0 Å². The fraction of sp³-hybridized carbons (Fsp3) is 0.444. The average Bonchev–Trinajstić information content (AvgIpc) is 2.29. The summed E-state index contributed by atoms with van der Waals surface area (Å²) in [5.74, 6) is -0.316. The number of hydrogen-bond acceptors (Lipinski definition) is 6. The van der Waals surface area contributed by atoms with Gasteiger partial charge in [0.25, 0.3) is 0 Å². The van der Waals surface area contributed by atoms with E-state index in [4.69, 9.17) is 21.1 Å². The van der Waals surface area contributed by atoms with Crippen LogP contribution in [-0.4, -0.2) is 36.8 Å². The van der Waals surface area contributed by atoms with Crippen molar-refractivity contribution in [3.05, 3.63) is 10.7 Å². The molecule has 1 aromatic heterocycles. The van der Waals surface area contributed by atoms with Gasteiger partial charge in [0, 0.05) is 0 Å². The summed E-state index contributed by atoms with van der Waals surface area (Å²) in [7, 11) is 2.69. The lowest BCUT2D eigenvalue weighted by molar-refractivity contribution is -0.143. The minimum absolute atomic E-state index is 0.0177. The van der Waals surface area contributed by atoms with Gasteiger partial charge in [-0.3, -0.25) is 0 Å². The second-order valence-corrected chi connectivity index (χ2v) is 3.16. The van der Waals surface area contributed by atoms with Crippen molar-refractivity contribution in [2.24, 2.45) is 0 Å². The van der Waals surface area contributed by atoms with E-state index in [9.17, 15) is 4.79 Å². The molecule has 0 fully saturated rings. The van der Waals surface area contributed by atoms with Crippen molar-refractivity contribution >= 4 is 17.6 Å². The van der Waals surface area contributed by atoms with E-state index < -0.39 is 5.97 Å². The summed E-state index contributed by atoms with van der Waals surface area (Å²) in [6.45, 7) is 1.41. The second kappa shape index (κ2) is 5.50. The third kappa shape index (κ3) is 2.96. The quantitative estimate of drug-likeness (QED) is 0.738. The van der Waals surface area contributed by atoms with Crippen LogP contribution in [0.4, 0.5) is 0 Å². The van der Waals surface area contributed by atoms with E-state index in [1.165, 1.54) is 14.2 Å². The molecule has 16 heavy (non-hydrogen) atoms. The van der Waals surface area contributed by atoms with Crippen LogP contribution in [0.1, 0.15) is 5.69 Å². The summed E-state index contributed by atoms with van der Waals surface area (Å²) in [6.07, 6.45) is 0. The van der Waals surface area contributed by atoms with E-state index in [2.05, 4.69) is 14.7 Å². The van der Waals surface area contributed by atoms with E-state index >= 15 is 0 Å². The fourth-order valence-electron chi connectivity index (χ4n) is 0.890. The highest BCUT2D eigenvalue weighted by Gasteiger charge is 2.12. The number of halogens is 1. The van der Waals surface area contributed by atoms with Gasteiger partial charge >= 0.3 is 12.0 Å². The smallest absolute Gasteiger partial charge is 0.344 e. The Morgan fingerprint density at radius 1 is 1.38 bits per heavy atom. The van der Waals surface area contributed by atoms with E-state index in [-0.39, 0.29) is 18.5 Å². The topological polar surface area (TPSA) is 70.5 Å². The van der Waals surface area contributed by atoms with Crippen LogP contribution in [0.5, 0.6) is 11.9 Å². The van der Waals surface area contributed by atoms with Gasteiger partial charge in [0.05, 0.1) is 19.9 Å². The molecule has 0 atom stereocenters. The number of hydrogen-bond donors (Lipinski definition) is 0. The Kier molecular flexibility index (Phi) is 4.30. The fourth-order valence-corrected chi connectivity index (χ4v) is 1.05. The van der Waals surface area contributed by atoms with Crippen LogP contribution in [0.2, 0.25) is 5.02 Å². The minimum atomic E-state index is -0.518. The molecule has 6 nitrogen and oxygen atoms in total. The molecule has 0 amide bonds. The van der Waals surface area contributed by atoms with Gasteiger partial charge in [-0.05, 0) is 6.92 Å². The van der Waals surface area contributed by atoms with Crippen molar-refractivity contribution in [2.75, 3.05) is 20.8 Å². The zero-order valence-corrected chi connectivity index (χ0v) is 9.87. The first kappa shape index (κ1) is 12.5. The van der Waals surface area contributed by atoms with Gasteiger partial charge in [-0.25, -0.2) is 4.79 Å². The van der Waals surface area contributed by atoms with Crippen LogP contribution < -0.4 is 9.47 Å². The van der Waals surface area contributed by atoms with Crippen LogP contribution in [-0.2, 0) is 9.53 Å². The first-order valence-electron chi connectivity index (χ1n) is 4.36. The number of carbonyl (C=O) groups is 1. The van der Waals surface area contributed by atoms with Crippen LogP contribution in [0, 0.1) is 6.92 Å². The molecule has 1 rings (SSSR count). The molecular weight excluding hydrogens is 236 g/mol. The highest BCUT2D eigenvalue weighted by molar-refractivity contribution is 6.32. The molecule has 0 radical (unpaired) electrons. The van der Waals surface area contributed by atoms with E-state index in [1.54, 1.807) is 6.92 Å². The van der Waals surface area contributed by atoms with Gasteiger partial charge in [0.15, 0.2) is 6.61 Å². The van der Waals surface area contributed by atoms with Crippen LogP contribution in [0.15, 0.2) is 0 Å². The maximum absolute atomic E-state index is 10.8. The zero-order chi connectivity index (χ0) is 12.1. The number of ether oxygens (including phenoxy) is 3. The molecule has 7 heteroatoms. The molecule has 0 N–H and O–H groups in total. The maximum Gasteiger partial charge on any atom is 0.344 e. The van der Waals surface area contributed by atoms with Gasteiger partial charge in [-0.1, -0.05) is 11.6 Å². The maximum atomic E-state index is 10.8. The number of aryl methyl sites for hydroxylation is 1. The molecule has 1 heterocycles. The van der Waals surface area contributed by atoms with Crippen LogP contribution >= 0.6 is 11.6 Å². The van der Waals surface area contributed by atoms with Crippen molar-refractivity contribution < 1.29 is 19.0 Å². The normalized spacial score (nSPS) is 9.75. The Balaban J connectivity index is 2.81. The standard InChI is InChI=1S/C9H11ClN2O4/c1-5-7(10)8(15-3)12-9(11-5)16-4-6(13)14-2/h4H2,1-3H3. The first-order valence-corrected chi connectivity index (χ1v) is 4.74. The summed E-state index contributed by atoms with van der Waals surface area (Å²) in [6, 6.07) is 0.0177. The number of esters is 1. The molecular formula is C9H11ClN2O4. The van der Waals surface area contributed by atoms with Gasteiger partial charge < -0.3 is 14.2 Å². The van der Waals surface area contributed by atoms with Gasteiger partial charge in [0.1, 0.15) is 5.02 Å². The lowest BCUT2D eigenvalue weighted by Gasteiger charge is -2.07. The zero-order valence-electron chi connectivity index (χ0n) is 9.11. The molecule has 1 aromatic rings. The molecule has 0 unspecified atom stereocenters. The number of methoxy groups -OCH3 is 2. The molecule has 88 valence electrons. The van der Waals surface area contributed by atoms with Crippen molar-refractivity contribution in [2.45, 2.75) is 6.92 Å². The van der Waals surface area contributed by atoms with Crippen LogP contribution in [0.25, 0.3) is 0 Å². The Hall–Kier alpha value is -1.56. The molecule has 0 aliphatic carbocycles. The summed E-state index contributed by atoms with van der Waals surface area (Å²) in [5.41, 5.74) is 0.508. The average molecular weight is 247 g/mol. The summed E-state index contributed by atoms with van der Waals surface area (Å²) >= 11 is 5.86. The second-order valence-electron chi connectivity index (χ2n) is 2.78. The van der Waals surface area contributed by atoms with Crippen LogP contribution in [0.3, 0.4) is 0 Å². The first-order chi connectivity index (χ1) is 7.58. The number of carbonyl (C=O) groups excluding carboxylic acids is 1. The monoisotopic (exact) mass is 246 g/mol. The molecule has 0 aromatic carbocycles. The number of rotatable bonds is 4. The van der Waals surface area contributed by atoms with E-state index in [1.807, 2.05) is 0 Å². The van der Waals surface area contributed by atoms with Crippen molar-refractivity contribution in [1.29, 1.82) is 0 Å². The van der Waals surface area contributed by atoms with E-state index in [0.29, 0.717) is 10.7 Å². The summed E-state index contributed by atoms with van der Waals surface area (Å²) in [4.78, 5) is 18.6. The lowest BCUT2D eigenvalue weighted by atomic mass is 10.4. The summed E-state index contributed by atoms with van der Waals surface area (Å²) < 4.78 is 14.3. The Labute approximate surface area is 97.5 Å². The SMILES string of the molecule is COC(=O)COc1nc(C)c(Cl)c(OC)n1. The predicted octanol–water partition coefficient (Wildman–Crippen LogP) is 0.999. The Bertz CT molecular complexity index is 397. The number of aromatic nitrogens is 2. The van der Waals surface area contributed by atoms with Gasteiger partial charge in [-0.15, -0.1) is 0 Å². The van der Waals surface area contributed by atoms with Gasteiger partial charge in [-0.2, -0.15) is 9.97 Å². The van der Waals surface area contributed by atoms with Gasteiger partial charge in [0.2, 0.25) is 5.88 Å². The molecule has 0 spiro atoms. The molecule has 0 saturated carbocycles. The lowest BCUT2D eigenvalue weighted by Crippen LogP contribution is -2.14. The largest absolute Gasteiger partial charge is 0.480 e. The summed E-state index contributed by atoms with van der Waals surface area (Å²) in [5, 5.41) is 0.313. The van der Waals surface area contributed by atoms with E-state index in [0.717, 1.165) is 0 Å². The third-order valence-electron chi connectivity index (χ3n) is 1.71. The Morgan fingerprint density at radius 2 is 2.06 bits per heavy atom. The van der Waals surface area contributed by atoms with Crippen molar-refractivity contribution in [1.82, 2.24) is 9.97 Å². The predicted molar refractivity (Wildman–Crippen MR) is 55.8 cm³/mol.